The molecule has 296 valence electrons. The summed E-state index contributed by atoms with van der Waals surface area (Å²) in [5.41, 5.74) is 10.6. The molecule has 0 radical (unpaired) electrons. The Morgan fingerprint density at radius 2 is 0.770 bits per heavy atom. The molecule has 0 bridgehead atoms. The van der Waals surface area contributed by atoms with Crippen LogP contribution < -0.4 is 4.74 Å². The Hall–Kier alpha value is -7.36. The normalized spacial score (nSPS) is 11.5. The van der Waals surface area contributed by atoms with Gasteiger partial charge in [-0.05, 0) is 141 Å². The highest BCUT2D eigenvalue weighted by atomic mass is 16.5. The Bertz CT molecular complexity index is 2960. The molecule has 0 aliphatic heterocycles. The zero-order valence-corrected chi connectivity index (χ0v) is 34.5. The summed E-state index contributed by atoms with van der Waals surface area (Å²) in [4.78, 5) is 0. The van der Waals surface area contributed by atoms with Gasteiger partial charge in [-0.1, -0.05) is 140 Å². The van der Waals surface area contributed by atoms with E-state index in [2.05, 4.69) is 172 Å². The van der Waals surface area contributed by atoms with E-state index in [1.807, 2.05) is 24.3 Å². The van der Waals surface area contributed by atoms with E-state index in [1.54, 1.807) is 0 Å². The number of benzene rings is 10. The van der Waals surface area contributed by atoms with Crippen LogP contribution in [-0.4, -0.2) is 16.8 Å². The second-order valence-electron chi connectivity index (χ2n) is 16.3. The summed E-state index contributed by atoms with van der Waals surface area (Å²) < 4.78 is 6.54. The zero-order chi connectivity index (χ0) is 41.5. The quantitative estimate of drug-likeness (QED) is 0.107. The van der Waals surface area contributed by atoms with Crippen molar-refractivity contribution in [1.82, 2.24) is 0 Å². The highest BCUT2D eigenvalue weighted by Gasteiger charge is 2.21. The first-order valence-electron chi connectivity index (χ1n) is 21.2. The van der Waals surface area contributed by atoms with E-state index in [0.29, 0.717) is 12.4 Å². The minimum absolute atomic E-state index is 0.246. The van der Waals surface area contributed by atoms with Crippen LogP contribution in [0.3, 0.4) is 0 Å². The van der Waals surface area contributed by atoms with Crippen LogP contribution in [0.1, 0.15) is 29.5 Å². The average Bonchev–Trinajstić information content (AvgIpc) is 3.29. The van der Waals surface area contributed by atoms with Gasteiger partial charge in [0.1, 0.15) is 17.2 Å². The number of para-hydroxylation sites is 1. The third-order valence-corrected chi connectivity index (χ3v) is 12.2. The highest BCUT2D eigenvalue weighted by molar-refractivity contribution is 6.15. The fourth-order valence-electron chi connectivity index (χ4n) is 9.37. The van der Waals surface area contributed by atoms with Crippen LogP contribution in [0.15, 0.2) is 182 Å². The number of hydrogen-bond donors (Lipinski definition) is 2. The number of hydrogen-bond acceptors (Lipinski definition) is 3. The van der Waals surface area contributed by atoms with E-state index >= 15 is 0 Å². The lowest BCUT2D eigenvalue weighted by Crippen LogP contribution is -2.01. The van der Waals surface area contributed by atoms with Gasteiger partial charge in [-0.3, -0.25) is 0 Å². The van der Waals surface area contributed by atoms with Crippen molar-refractivity contribution in [3.05, 3.63) is 199 Å². The molecule has 0 saturated heterocycles. The predicted molar refractivity (Wildman–Crippen MR) is 256 cm³/mol. The van der Waals surface area contributed by atoms with Gasteiger partial charge in [0.15, 0.2) is 0 Å². The fraction of sp³-hybridized carbons (Fsp3) is 0.103. The number of aromatic hydroxyl groups is 2. The third-order valence-electron chi connectivity index (χ3n) is 12.2. The van der Waals surface area contributed by atoms with E-state index in [9.17, 15) is 10.2 Å². The molecule has 0 unspecified atom stereocenters. The maximum Gasteiger partial charge on any atom is 0.131 e. The molecule has 10 rings (SSSR count). The minimum Gasteiger partial charge on any atom is -0.507 e. The number of unbranched alkanes of at least 4 members (excludes halogenated alkanes) is 1. The van der Waals surface area contributed by atoms with Gasteiger partial charge in [0.05, 0.1) is 6.61 Å². The van der Waals surface area contributed by atoms with E-state index < -0.39 is 0 Å². The first-order chi connectivity index (χ1) is 29.9. The zero-order valence-electron chi connectivity index (χ0n) is 34.5. The SMILES string of the molecule is Cc1cc(-c2ccccc2CCCCOc2ccccc2-c2cc(C)cc(-c3c4ccccc4cc4ccccc34)c2O)c(O)c(-c2c3ccccc3cc3ccccc23)c1. The molecular formula is C58H46O3. The summed E-state index contributed by atoms with van der Waals surface area (Å²) in [5, 5.41) is 33.4. The van der Waals surface area contributed by atoms with Crippen molar-refractivity contribution in [3.8, 4) is 61.8 Å². The number of phenols is 2. The Kier molecular flexibility index (Phi) is 9.94. The summed E-state index contributed by atoms with van der Waals surface area (Å²) in [6, 6.07) is 63.0. The Morgan fingerprint density at radius 1 is 0.377 bits per heavy atom. The van der Waals surface area contributed by atoms with E-state index in [-0.39, 0.29) is 5.75 Å². The summed E-state index contributed by atoms with van der Waals surface area (Å²) in [5.74, 6) is 1.29. The molecule has 2 N–H and O–H groups in total. The van der Waals surface area contributed by atoms with Gasteiger partial charge in [-0.15, -0.1) is 0 Å². The van der Waals surface area contributed by atoms with Crippen molar-refractivity contribution < 1.29 is 14.9 Å². The van der Waals surface area contributed by atoms with Crippen molar-refractivity contribution in [2.24, 2.45) is 0 Å². The highest BCUT2D eigenvalue weighted by Crippen LogP contribution is 2.48. The fourth-order valence-corrected chi connectivity index (χ4v) is 9.37. The smallest absolute Gasteiger partial charge is 0.131 e. The van der Waals surface area contributed by atoms with Gasteiger partial charge < -0.3 is 14.9 Å². The van der Waals surface area contributed by atoms with Crippen LogP contribution in [0.4, 0.5) is 0 Å². The van der Waals surface area contributed by atoms with Crippen molar-refractivity contribution in [3.63, 3.8) is 0 Å². The maximum absolute atomic E-state index is 12.2. The topological polar surface area (TPSA) is 49.7 Å². The molecule has 61 heavy (non-hydrogen) atoms. The van der Waals surface area contributed by atoms with E-state index in [1.165, 1.54) is 5.56 Å². The molecule has 3 nitrogen and oxygen atoms in total. The first kappa shape index (κ1) is 37.9. The summed E-state index contributed by atoms with van der Waals surface area (Å²) in [7, 11) is 0. The molecule has 10 aromatic rings. The van der Waals surface area contributed by atoms with E-state index in [4.69, 9.17) is 4.74 Å². The molecule has 0 spiro atoms. The summed E-state index contributed by atoms with van der Waals surface area (Å²) >= 11 is 0. The standard InChI is InChI=1S/C58H46O3/c1-37-31-50(57(59)52(33-37)55-45-24-9-4-19-40(45)35-41-20-5-10-25-46(41)55)44-23-8-3-17-39(44)18-15-16-30-61-54-29-14-13-28-49(54)51-32-38(2)34-53(58(51)60)56-47-26-11-6-21-42(47)36-43-22-7-12-27-48(43)56/h3-14,17,19-29,31-36,59-60H,15-16,18,30H2,1-2H3. The monoisotopic (exact) mass is 790 g/mol. The van der Waals surface area contributed by atoms with Gasteiger partial charge >= 0.3 is 0 Å². The lowest BCUT2D eigenvalue weighted by molar-refractivity contribution is 0.308. The lowest BCUT2D eigenvalue weighted by Gasteiger charge is -2.19. The number of aryl methyl sites for hydroxylation is 3. The van der Waals surface area contributed by atoms with Crippen LogP contribution in [0.25, 0.3) is 87.6 Å². The molecule has 0 atom stereocenters. The summed E-state index contributed by atoms with van der Waals surface area (Å²) in [6.07, 6.45) is 2.57. The summed E-state index contributed by atoms with van der Waals surface area (Å²) in [6.45, 7) is 4.73. The Labute approximate surface area is 356 Å². The third kappa shape index (κ3) is 7.02. The average molecular weight is 791 g/mol. The van der Waals surface area contributed by atoms with Gasteiger partial charge in [-0.25, -0.2) is 0 Å². The molecule has 0 aliphatic carbocycles. The molecule has 0 amide bonds. The van der Waals surface area contributed by atoms with Crippen molar-refractivity contribution in [2.75, 3.05) is 6.61 Å². The van der Waals surface area contributed by atoms with Crippen LogP contribution in [0.5, 0.6) is 17.2 Å². The van der Waals surface area contributed by atoms with Crippen LogP contribution in [0.2, 0.25) is 0 Å². The molecule has 3 heteroatoms. The molecule has 0 heterocycles. The molecular weight excluding hydrogens is 745 g/mol. The lowest BCUT2D eigenvalue weighted by atomic mass is 9.87. The second-order valence-corrected chi connectivity index (χ2v) is 16.3. The molecule has 0 aliphatic rings. The Morgan fingerprint density at radius 3 is 1.28 bits per heavy atom. The van der Waals surface area contributed by atoms with Crippen molar-refractivity contribution >= 4 is 43.1 Å². The van der Waals surface area contributed by atoms with Crippen molar-refractivity contribution in [1.29, 1.82) is 0 Å². The van der Waals surface area contributed by atoms with Crippen LogP contribution in [-0.2, 0) is 6.42 Å². The number of ether oxygens (including phenoxy) is 1. The largest absolute Gasteiger partial charge is 0.507 e. The van der Waals surface area contributed by atoms with Gasteiger partial charge in [0.25, 0.3) is 0 Å². The van der Waals surface area contributed by atoms with Crippen LogP contribution in [0, 0.1) is 13.8 Å². The number of rotatable bonds is 10. The van der Waals surface area contributed by atoms with Crippen LogP contribution >= 0.6 is 0 Å². The molecule has 0 fully saturated rings. The van der Waals surface area contributed by atoms with Gasteiger partial charge in [0.2, 0.25) is 0 Å². The predicted octanol–water partition coefficient (Wildman–Crippen LogP) is 15.4. The second kappa shape index (κ2) is 16.0. The van der Waals surface area contributed by atoms with Gasteiger partial charge in [-0.2, -0.15) is 0 Å². The minimum atomic E-state index is 0.246. The van der Waals surface area contributed by atoms with E-state index in [0.717, 1.165) is 124 Å². The number of phenolic OH excluding ortho intramolecular Hbond substituents is 2. The molecule has 10 aromatic carbocycles. The van der Waals surface area contributed by atoms with Gasteiger partial charge in [0, 0.05) is 38.9 Å². The number of fused-ring (bicyclic) bond motifs is 4. The van der Waals surface area contributed by atoms with Crippen molar-refractivity contribution in [2.45, 2.75) is 33.1 Å². The molecule has 0 saturated carbocycles. The first-order valence-corrected chi connectivity index (χ1v) is 21.2. The Balaban J connectivity index is 0.914. The maximum atomic E-state index is 12.2. The molecule has 0 aromatic heterocycles.